The summed E-state index contributed by atoms with van der Waals surface area (Å²) in [6, 6.07) is 0. The monoisotopic (exact) mass is 535 g/mol. The molecular formula is C9H17ClN3O15P3. The van der Waals surface area contributed by atoms with Crippen LogP contribution in [0.4, 0.5) is 0 Å². The zero-order valence-electron chi connectivity index (χ0n) is 14.8. The van der Waals surface area contributed by atoms with Crippen LogP contribution in [0.15, 0.2) is 15.8 Å². The van der Waals surface area contributed by atoms with Crippen molar-refractivity contribution in [1.29, 1.82) is 0 Å². The lowest BCUT2D eigenvalue weighted by Gasteiger charge is -2.19. The number of hydrogen-bond acceptors (Lipinski definition) is 12. The van der Waals surface area contributed by atoms with Crippen LogP contribution >= 0.6 is 35.1 Å². The van der Waals surface area contributed by atoms with Crippen molar-refractivity contribution in [1.82, 2.24) is 15.7 Å². The molecule has 0 aromatic carbocycles. The molecule has 0 bridgehead atoms. The predicted octanol–water partition coefficient (Wildman–Crippen LogP) is -1.69. The number of aromatic nitrogens is 2. The maximum absolute atomic E-state index is 11.8. The molecule has 2 rings (SSSR count). The Hall–Kier alpha value is -0.780. The van der Waals surface area contributed by atoms with Crippen LogP contribution in [-0.2, 0) is 31.6 Å². The Morgan fingerprint density at radius 2 is 1.65 bits per heavy atom. The molecule has 1 aromatic rings. The maximum atomic E-state index is 11.8. The van der Waals surface area contributed by atoms with Gasteiger partial charge in [-0.2, -0.15) is 8.62 Å². The van der Waals surface area contributed by atoms with Crippen molar-refractivity contribution in [2.24, 2.45) is 0 Å². The van der Waals surface area contributed by atoms with Gasteiger partial charge in [-0.3, -0.25) is 18.9 Å². The molecule has 1 fully saturated rings. The number of nitrogens with one attached hydrogen (secondary N) is 1. The highest BCUT2D eigenvalue weighted by molar-refractivity contribution is 7.66. The number of phosphoric ester groups is 1. The van der Waals surface area contributed by atoms with Crippen molar-refractivity contribution in [3.05, 3.63) is 32.1 Å². The van der Waals surface area contributed by atoms with E-state index in [0.717, 1.165) is 6.20 Å². The van der Waals surface area contributed by atoms with Crippen molar-refractivity contribution in [3.63, 3.8) is 0 Å². The standard InChI is InChI=1S/C9H14ClN2O15P3.H3N/c10-3-1-12(9(16)11-7(3)15)8-6(14)5(13)4(25-8)2-24-29(20,21)27-30(22,23)26-28(17,18)19;/h1,4-6,8,13-14H,2H2,(H,20,21)(H,22,23)(H,11,15,16)(H2,17,18,19);1H3/t4-,5-,6-,8-;/m1./s1. The van der Waals surface area contributed by atoms with Crippen LogP contribution in [0.5, 0.6) is 0 Å². The number of aliphatic hydroxyl groups excluding tert-OH is 2. The molecule has 180 valence electrons. The zero-order valence-corrected chi connectivity index (χ0v) is 18.3. The number of ether oxygens (including phenoxy) is 1. The summed E-state index contributed by atoms with van der Waals surface area (Å²) in [6.45, 7) is -1.08. The van der Waals surface area contributed by atoms with Gasteiger partial charge in [-0.05, 0) is 0 Å². The molecule has 2 heterocycles. The molecule has 1 saturated heterocycles. The van der Waals surface area contributed by atoms with Gasteiger partial charge in [-0.25, -0.2) is 18.5 Å². The van der Waals surface area contributed by atoms with E-state index in [1.54, 1.807) is 0 Å². The number of rotatable bonds is 8. The Labute approximate surface area is 176 Å². The molecule has 22 heteroatoms. The van der Waals surface area contributed by atoms with E-state index < -0.39 is 70.9 Å². The van der Waals surface area contributed by atoms with Gasteiger partial charge < -0.3 is 40.7 Å². The van der Waals surface area contributed by atoms with Crippen LogP contribution in [-0.4, -0.2) is 64.3 Å². The SMILES string of the molecule is N.O=c1[nH]c(=O)n([C@@H]2O[C@H](COP(=O)(O)OP(=O)(O)OP(=O)(O)O)[C@@H](O)[C@H]2O)cc1Cl. The second-order valence-electron chi connectivity index (χ2n) is 5.58. The van der Waals surface area contributed by atoms with E-state index in [9.17, 15) is 38.4 Å². The van der Waals surface area contributed by atoms with Crippen molar-refractivity contribution in [3.8, 4) is 0 Å². The number of phosphoric acid groups is 3. The number of aliphatic hydroxyl groups is 2. The lowest BCUT2D eigenvalue weighted by atomic mass is 10.1. The summed E-state index contributed by atoms with van der Waals surface area (Å²) in [4.78, 5) is 60.2. The van der Waals surface area contributed by atoms with Gasteiger partial charge in [0.05, 0.1) is 6.61 Å². The topological polar surface area (TPSA) is 299 Å². The lowest BCUT2D eigenvalue weighted by molar-refractivity contribution is -0.0542. The fourth-order valence-corrected chi connectivity index (χ4v) is 5.40. The summed E-state index contributed by atoms with van der Waals surface area (Å²) in [5.74, 6) is 0. The highest BCUT2D eigenvalue weighted by Gasteiger charge is 2.46. The molecule has 1 aromatic heterocycles. The van der Waals surface area contributed by atoms with E-state index in [1.807, 2.05) is 4.98 Å². The Morgan fingerprint density at radius 3 is 2.19 bits per heavy atom. The normalized spacial score (nSPS) is 27.8. The minimum atomic E-state index is -5.75. The van der Waals surface area contributed by atoms with Gasteiger partial charge in [0.1, 0.15) is 23.3 Å². The number of aromatic amines is 1. The molecule has 0 saturated carbocycles. The summed E-state index contributed by atoms with van der Waals surface area (Å²) in [5, 5.41) is 19.5. The predicted molar refractivity (Wildman–Crippen MR) is 97.1 cm³/mol. The quantitative estimate of drug-likeness (QED) is 0.172. The molecule has 0 spiro atoms. The summed E-state index contributed by atoms with van der Waals surface area (Å²) < 4.78 is 50.5. The molecule has 2 unspecified atom stereocenters. The largest absolute Gasteiger partial charge is 0.490 e. The third-order valence-electron chi connectivity index (χ3n) is 3.35. The smallest absolute Gasteiger partial charge is 0.387 e. The Balaban J connectivity index is 0.00000480. The second-order valence-corrected chi connectivity index (χ2v) is 10.4. The number of halogens is 1. The van der Waals surface area contributed by atoms with E-state index in [1.165, 1.54) is 0 Å². The average Bonchev–Trinajstić information content (AvgIpc) is 2.81. The molecule has 1 aliphatic heterocycles. The average molecular weight is 536 g/mol. The van der Waals surface area contributed by atoms with Crippen LogP contribution in [0.25, 0.3) is 0 Å². The second kappa shape index (κ2) is 10.0. The first-order chi connectivity index (χ1) is 13.5. The maximum Gasteiger partial charge on any atom is 0.490 e. The van der Waals surface area contributed by atoms with Crippen LogP contribution in [0.2, 0.25) is 5.02 Å². The van der Waals surface area contributed by atoms with Crippen LogP contribution < -0.4 is 17.4 Å². The van der Waals surface area contributed by atoms with Crippen LogP contribution in [0.1, 0.15) is 6.23 Å². The highest BCUT2D eigenvalue weighted by atomic mass is 35.5. The molecule has 1 aliphatic rings. The molecule has 0 radical (unpaired) electrons. The van der Waals surface area contributed by atoms with Crippen molar-refractivity contribution in [2.75, 3.05) is 6.61 Å². The van der Waals surface area contributed by atoms with Gasteiger partial charge in [-0.15, -0.1) is 0 Å². The van der Waals surface area contributed by atoms with Gasteiger partial charge >= 0.3 is 29.2 Å². The fraction of sp³-hybridized carbons (Fsp3) is 0.556. The number of H-pyrrole nitrogens is 1. The molecular weight excluding hydrogens is 518 g/mol. The highest BCUT2D eigenvalue weighted by Crippen LogP contribution is 2.66. The van der Waals surface area contributed by atoms with Gasteiger partial charge in [-0.1, -0.05) is 11.6 Å². The van der Waals surface area contributed by atoms with E-state index in [0.29, 0.717) is 4.57 Å². The van der Waals surface area contributed by atoms with Gasteiger partial charge in [0.15, 0.2) is 6.23 Å². The summed E-state index contributed by atoms with van der Waals surface area (Å²) in [5.41, 5.74) is -2.01. The zero-order chi connectivity index (χ0) is 23.1. The fourth-order valence-electron chi connectivity index (χ4n) is 2.22. The number of hydrogen-bond donors (Lipinski definition) is 8. The van der Waals surface area contributed by atoms with E-state index in [-0.39, 0.29) is 6.15 Å². The van der Waals surface area contributed by atoms with Crippen LogP contribution in [0.3, 0.4) is 0 Å². The van der Waals surface area contributed by atoms with E-state index in [2.05, 4.69) is 13.1 Å². The third-order valence-corrected chi connectivity index (χ3v) is 7.43. The Bertz CT molecular complexity index is 1050. The molecule has 10 N–H and O–H groups in total. The molecule has 31 heavy (non-hydrogen) atoms. The lowest BCUT2D eigenvalue weighted by Crippen LogP contribution is -2.38. The molecule has 0 aliphatic carbocycles. The van der Waals surface area contributed by atoms with E-state index in [4.69, 9.17) is 31.0 Å². The first-order valence-electron chi connectivity index (χ1n) is 7.32. The van der Waals surface area contributed by atoms with Gasteiger partial charge in [0, 0.05) is 6.20 Å². The minimum Gasteiger partial charge on any atom is -0.387 e. The summed E-state index contributed by atoms with van der Waals surface area (Å²) >= 11 is 5.58. The summed E-state index contributed by atoms with van der Waals surface area (Å²) in [7, 11) is -16.8. The van der Waals surface area contributed by atoms with Crippen molar-refractivity contribution < 1.29 is 61.4 Å². The number of nitrogens with zero attached hydrogens (tertiary/aromatic N) is 1. The Morgan fingerprint density at radius 1 is 1.06 bits per heavy atom. The third kappa shape index (κ3) is 7.64. The van der Waals surface area contributed by atoms with Gasteiger partial charge in [0.2, 0.25) is 0 Å². The van der Waals surface area contributed by atoms with Gasteiger partial charge in [0.25, 0.3) is 5.56 Å². The molecule has 0 amide bonds. The minimum absolute atomic E-state index is 0. The van der Waals surface area contributed by atoms with Crippen molar-refractivity contribution in [2.45, 2.75) is 24.5 Å². The first-order valence-corrected chi connectivity index (χ1v) is 12.2. The van der Waals surface area contributed by atoms with E-state index >= 15 is 0 Å². The first kappa shape index (κ1) is 28.3. The molecule has 6 atom stereocenters. The van der Waals surface area contributed by atoms with Crippen LogP contribution in [0, 0.1) is 0 Å². The van der Waals surface area contributed by atoms with Crippen molar-refractivity contribution >= 4 is 35.1 Å². The summed E-state index contributed by atoms with van der Waals surface area (Å²) in [6.07, 6.45) is -6.10. The molecule has 18 nitrogen and oxygen atoms in total. The Kier molecular flexibility index (Phi) is 9.12.